The van der Waals surface area contributed by atoms with E-state index in [9.17, 15) is 27.6 Å². The van der Waals surface area contributed by atoms with Gasteiger partial charge in [0.25, 0.3) is 0 Å². The zero-order valence-electron chi connectivity index (χ0n) is 56.8. The van der Waals surface area contributed by atoms with E-state index in [0.717, 1.165) is 7.11 Å². The fraction of sp³-hybridized carbons (Fsp3) is 0.317. The van der Waals surface area contributed by atoms with E-state index in [2.05, 4.69) is 0 Å². The summed E-state index contributed by atoms with van der Waals surface area (Å²) in [6.45, 7) is -20.8. The number of piperidine rings is 1. The molecule has 0 unspecified atom stereocenters. The second kappa shape index (κ2) is 16.7. The lowest BCUT2D eigenvalue weighted by molar-refractivity contribution is -0.138. The van der Waals surface area contributed by atoms with Crippen molar-refractivity contribution in [1.82, 2.24) is 14.4 Å². The van der Waals surface area contributed by atoms with E-state index in [-0.39, 0.29) is 4.57 Å². The third kappa shape index (κ3) is 9.00. The van der Waals surface area contributed by atoms with E-state index in [1.165, 1.54) is 0 Å². The molecule has 1 fully saturated rings. The highest BCUT2D eigenvalue weighted by Crippen LogP contribution is 2.34. The summed E-state index contributed by atoms with van der Waals surface area (Å²) in [6.07, 6.45) is -15.2. The van der Waals surface area contributed by atoms with Crippen LogP contribution >= 0.6 is 11.8 Å². The van der Waals surface area contributed by atoms with Gasteiger partial charge in [0.2, 0.25) is 5.91 Å². The summed E-state index contributed by atoms with van der Waals surface area (Å²) in [5.74, 6) is -7.18. The summed E-state index contributed by atoms with van der Waals surface area (Å²) in [5, 5.41) is -2.84. The van der Waals surface area contributed by atoms with Gasteiger partial charge in [-0.3, -0.25) is 9.59 Å². The van der Waals surface area contributed by atoms with Crippen LogP contribution in [0.5, 0.6) is 0 Å². The normalized spacial score (nSPS) is 27.5. The Balaban J connectivity index is 1.83. The number of methoxy groups -OCH3 is 1. The van der Waals surface area contributed by atoms with E-state index < -0.39 is 254 Å². The molecule has 6 nitrogen and oxygen atoms in total. The van der Waals surface area contributed by atoms with Gasteiger partial charge in [-0.1, -0.05) is 60.4 Å². The second-order valence-corrected chi connectivity index (χ2v) is 11.0. The molecule has 0 atom stereocenters. The molecule has 0 bridgehead atoms. The number of hydrogen-bond donors (Lipinski definition) is 0. The maximum Gasteiger partial charge on any atom is 0.416 e. The number of nitrogens with zero attached hydrogens (tertiary/aromatic N) is 3. The minimum absolute atomic E-state index is 0.0393. The van der Waals surface area contributed by atoms with Gasteiger partial charge in [0.15, 0.2) is 17.1 Å². The van der Waals surface area contributed by atoms with Crippen LogP contribution in [0.4, 0.5) is 22.0 Å². The third-order valence-corrected chi connectivity index (χ3v) is 7.56. The Morgan fingerprint density at radius 1 is 1.02 bits per heavy atom. The van der Waals surface area contributed by atoms with Crippen molar-refractivity contribution in [1.29, 1.82) is 0 Å². The molecular formula is C41H40F5N3O3S. The Morgan fingerprint density at radius 3 is 2.45 bits per heavy atom. The number of amides is 1. The molecule has 5 aromatic rings. The predicted molar refractivity (Wildman–Crippen MR) is 198 cm³/mol. The topological polar surface area (TPSA) is 54.8 Å². The fourth-order valence-corrected chi connectivity index (χ4v) is 5.08. The van der Waals surface area contributed by atoms with Crippen molar-refractivity contribution in [2.24, 2.45) is 0 Å². The summed E-state index contributed by atoms with van der Waals surface area (Å²) in [4.78, 5) is 28.1. The lowest BCUT2D eigenvalue weighted by atomic mass is 9.98. The van der Waals surface area contributed by atoms with Crippen LogP contribution in [0.3, 0.4) is 0 Å². The number of likely N-dealkylation sites (tertiary alicyclic amines) is 1. The zero-order chi connectivity index (χ0) is 64.2. The molecule has 1 aliphatic heterocycles. The molecule has 0 N–H and O–H groups in total. The van der Waals surface area contributed by atoms with Crippen LogP contribution in [-0.2, 0) is 34.5 Å². The van der Waals surface area contributed by atoms with Gasteiger partial charge in [0.1, 0.15) is 6.54 Å². The quantitative estimate of drug-likeness (QED) is 0.0938. The highest BCUT2D eigenvalue weighted by Gasteiger charge is 2.32. The highest BCUT2D eigenvalue weighted by molar-refractivity contribution is 7.98. The van der Waals surface area contributed by atoms with Crippen molar-refractivity contribution in [3.63, 3.8) is 0 Å². The molecule has 2 heterocycles. The first kappa shape index (κ1) is 15.7. The monoisotopic (exact) mass is 779 g/mol. The molecular weight excluding hydrogens is 710 g/mol. The van der Waals surface area contributed by atoms with Gasteiger partial charge in [0.05, 0.1) is 47.4 Å². The number of ether oxygens (including phenoxy) is 1. The highest BCUT2D eigenvalue weighted by atomic mass is 32.2. The number of thioether (sulfide) groups is 1. The number of pyridine rings is 1. The Hall–Kier alpha value is -4.52. The molecule has 6 rings (SSSR count). The first-order chi connectivity index (χ1) is 37.3. The Bertz CT molecular complexity index is 3560. The van der Waals surface area contributed by atoms with E-state index in [0.29, 0.717) is 6.92 Å². The Morgan fingerprint density at radius 2 is 1.74 bits per heavy atom. The van der Waals surface area contributed by atoms with Gasteiger partial charge in [-0.2, -0.15) is 13.2 Å². The molecule has 0 saturated carbocycles. The van der Waals surface area contributed by atoms with Crippen molar-refractivity contribution in [2.45, 2.75) is 55.6 Å². The van der Waals surface area contributed by atoms with Crippen LogP contribution in [0.25, 0.3) is 22.0 Å². The molecule has 12 heteroatoms. The van der Waals surface area contributed by atoms with Gasteiger partial charge in [-0.05, 0) is 66.1 Å². The first-order valence-corrected chi connectivity index (χ1v) is 15.3. The summed E-state index contributed by atoms with van der Waals surface area (Å²) in [7, 11) is 0.769. The lowest BCUT2D eigenvalue weighted by Gasteiger charge is -2.39. The summed E-state index contributed by atoms with van der Waals surface area (Å²) < 4.78 is 343. The number of benzene rings is 4. The van der Waals surface area contributed by atoms with Crippen LogP contribution in [0.15, 0.2) is 100 Å². The number of hydrogen-bond acceptors (Lipinski definition) is 5. The van der Waals surface area contributed by atoms with Gasteiger partial charge in [0, 0.05) is 78.3 Å². The van der Waals surface area contributed by atoms with Gasteiger partial charge < -0.3 is 19.1 Å². The van der Waals surface area contributed by atoms with E-state index >= 15 is 13.6 Å². The predicted octanol–water partition coefficient (Wildman–Crippen LogP) is 8.71. The number of carbonyl (C=O) groups is 1. The molecule has 0 aliphatic carbocycles. The van der Waals surface area contributed by atoms with Crippen LogP contribution < -0.4 is 5.43 Å². The number of carbonyl (C=O) groups excluding carboxylic acids is 1. The number of alkyl halides is 3. The van der Waals surface area contributed by atoms with Crippen LogP contribution in [0.1, 0.15) is 76.1 Å². The third-order valence-electron chi connectivity index (χ3n) is 6.74. The fourth-order valence-electron chi connectivity index (χ4n) is 4.33. The maximum absolute atomic E-state index is 15.8. The van der Waals surface area contributed by atoms with Gasteiger partial charge in [-0.15, -0.1) is 11.8 Å². The van der Waals surface area contributed by atoms with Crippen LogP contribution in [0.2, 0.25) is 0 Å². The maximum atomic E-state index is 15.8. The molecule has 278 valence electrons. The van der Waals surface area contributed by atoms with Crippen LogP contribution in [-0.4, -0.2) is 59.5 Å². The molecule has 0 radical (unpaired) electrons. The first-order valence-electron chi connectivity index (χ1n) is 29.5. The van der Waals surface area contributed by atoms with E-state index in [4.69, 9.17) is 36.3 Å². The average Bonchev–Trinajstić information content (AvgIpc) is 0.782. The Kier molecular flexibility index (Phi) is 4.93. The van der Waals surface area contributed by atoms with Crippen molar-refractivity contribution < 1.29 is 72.6 Å². The molecule has 0 spiro atoms. The van der Waals surface area contributed by atoms with Crippen molar-refractivity contribution >= 4 is 28.6 Å². The lowest BCUT2D eigenvalue weighted by Crippen LogP contribution is -2.48. The number of halogens is 5. The molecule has 1 aliphatic rings. The van der Waals surface area contributed by atoms with E-state index in [1.807, 2.05) is 0 Å². The van der Waals surface area contributed by atoms with Crippen LogP contribution in [0, 0.1) is 18.6 Å². The minimum atomic E-state index is -5.41. The van der Waals surface area contributed by atoms with Gasteiger partial charge >= 0.3 is 6.18 Å². The Labute approximate surface area is 351 Å². The largest absolute Gasteiger partial charge is 0.416 e. The zero-order valence-corrected chi connectivity index (χ0v) is 27.6. The molecule has 4 aromatic carbocycles. The van der Waals surface area contributed by atoms with E-state index in [1.54, 1.807) is 0 Å². The summed E-state index contributed by atoms with van der Waals surface area (Å²) >= 11 is -0.700. The molecule has 1 amide bonds. The summed E-state index contributed by atoms with van der Waals surface area (Å²) in [5.41, 5.74) is -16.3. The van der Waals surface area contributed by atoms with Gasteiger partial charge in [-0.25, -0.2) is 8.78 Å². The standard InChI is InChI=1S/C41H40F5N3O3S/c1-27-22-30(14-15-34(27)41(44,45)46)29-12-10-28(11-13-29)24-48(32-16-18-47(19-17-32)20-21-52-2)38(51)25-49-36-9-4-3-7-33(36)37(50)23-39(49)53-26-31-6-5-8-35(42)40(31)43/h3-15,22-23,32H,16-21,24-26H2,1-2H3/i3D,4D,5D,6D,7D,8D,9D,10D,11D,12D,13D,14D,15D,16D2,17D2,18D2,19D2,20D2,22D,23D,24D2,26D2,32D. The number of aromatic nitrogens is 1. The van der Waals surface area contributed by atoms with Crippen molar-refractivity contribution in [2.75, 3.05) is 33.2 Å². The second-order valence-electron chi connectivity index (χ2n) is 10.2. The molecule has 1 saturated heterocycles. The average molecular weight is 780 g/mol. The van der Waals surface area contributed by atoms with Crippen molar-refractivity contribution in [3.8, 4) is 11.1 Å². The minimum Gasteiger partial charge on any atom is -0.383 e. The SMILES string of the molecule is [2H]c1c([2H])c(F)c(F)c(C([2H])([2H])Sc2c([2H])c(=O)c3c([2H])c([2H])c([2H])c([2H])c3n2CC(=O)N(C([2H])([2H])c2c([2H])c([2H])c(-c3c([2H])c([2H])c(C(F)(F)F)c(C)c3[2H])c([2H])c2[2H])C2([2H])C([2H])([2H])C([2H])([2H])N(C([2H])([2H])COC)C([2H])([2H])C2([2H])[2H])c1[2H]. The molecule has 1 aromatic heterocycles. The smallest absolute Gasteiger partial charge is 0.383 e. The summed E-state index contributed by atoms with van der Waals surface area (Å²) in [6, 6.07) is -28.5. The number of rotatable bonds is 12. The van der Waals surface area contributed by atoms with Crippen molar-refractivity contribution in [3.05, 3.63) is 135 Å². The number of fused-ring (bicyclic) bond motifs is 1. The molecule has 53 heavy (non-hydrogen) atoms. The number of para-hydroxylation sites is 1.